The van der Waals surface area contributed by atoms with Gasteiger partial charge in [0.05, 0.1) is 11.4 Å². The van der Waals surface area contributed by atoms with Gasteiger partial charge in [-0.15, -0.1) is 0 Å². The van der Waals surface area contributed by atoms with Gasteiger partial charge in [-0.2, -0.15) is 0 Å². The largest absolute Gasteiger partial charge is 0.358 e. The van der Waals surface area contributed by atoms with Gasteiger partial charge in [0.1, 0.15) is 6.04 Å². The lowest BCUT2D eigenvalue weighted by molar-refractivity contribution is -0.121. The van der Waals surface area contributed by atoms with Crippen LogP contribution in [-0.4, -0.2) is 54.8 Å². The predicted octanol–water partition coefficient (Wildman–Crippen LogP) is 5.17. The smallest absolute Gasteiger partial charge is 0.253 e. The Bertz CT molecular complexity index is 1150. The summed E-state index contributed by atoms with van der Waals surface area (Å²) in [5, 5.41) is 2.98. The van der Waals surface area contributed by atoms with E-state index in [-0.39, 0.29) is 23.8 Å². The monoisotopic (exact) mass is 502 g/mol. The third-order valence-corrected chi connectivity index (χ3v) is 7.92. The molecule has 7 heteroatoms. The van der Waals surface area contributed by atoms with E-state index in [0.29, 0.717) is 30.9 Å². The van der Waals surface area contributed by atoms with Crippen molar-refractivity contribution in [2.45, 2.75) is 70.8 Å². The number of anilines is 3. The highest BCUT2D eigenvalue weighted by atomic mass is 16.2. The molecule has 0 bridgehead atoms. The molecule has 1 atom stereocenters. The first-order valence-electron chi connectivity index (χ1n) is 13.8. The molecule has 2 fully saturated rings. The molecule has 0 spiro atoms. The van der Waals surface area contributed by atoms with Gasteiger partial charge in [0, 0.05) is 43.9 Å². The SMILES string of the molecule is CC(C)c1ccc(NC(=O)CCCN2C(=O)[C@@H]3CCCCN3c3ccc(C(=O)N4CCCC4)cc32)cc1. The van der Waals surface area contributed by atoms with Gasteiger partial charge in [-0.3, -0.25) is 14.4 Å². The molecular weight excluding hydrogens is 464 g/mol. The lowest BCUT2D eigenvalue weighted by Crippen LogP contribution is -2.55. The second-order valence-corrected chi connectivity index (χ2v) is 10.8. The minimum absolute atomic E-state index is 0.0383. The first kappa shape index (κ1) is 25.3. The lowest BCUT2D eigenvalue weighted by Gasteiger charge is -2.45. The third kappa shape index (κ3) is 5.36. The Morgan fingerprint density at radius 1 is 0.946 bits per heavy atom. The highest BCUT2D eigenvalue weighted by Gasteiger charge is 2.39. The molecule has 0 aliphatic carbocycles. The average Bonchev–Trinajstić information content (AvgIpc) is 3.45. The minimum atomic E-state index is -0.158. The Kier molecular flexibility index (Phi) is 7.49. The molecular formula is C30H38N4O3. The molecule has 2 aromatic carbocycles. The molecule has 3 heterocycles. The normalized spacial score (nSPS) is 19.2. The number of likely N-dealkylation sites (tertiary alicyclic amines) is 1. The van der Waals surface area contributed by atoms with Crippen LogP contribution >= 0.6 is 0 Å². The number of carbonyl (C=O) groups is 3. The molecule has 3 aliphatic heterocycles. The molecule has 7 nitrogen and oxygen atoms in total. The van der Waals surface area contributed by atoms with Gasteiger partial charge in [0.2, 0.25) is 11.8 Å². The second kappa shape index (κ2) is 11.0. The van der Waals surface area contributed by atoms with Crippen LogP contribution in [0.15, 0.2) is 42.5 Å². The van der Waals surface area contributed by atoms with E-state index in [9.17, 15) is 14.4 Å². The number of piperidine rings is 1. The van der Waals surface area contributed by atoms with Crippen molar-refractivity contribution in [1.82, 2.24) is 4.90 Å². The lowest BCUT2D eigenvalue weighted by atomic mass is 9.95. The van der Waals surface area contributed by atoms with Crippen molar-refractivity contribution in [3.63, 3.8) is 0 Å². The standard InChI is InChI=1S/C30H38N4O3/c1-21(2)22-10-13-24(14-11-22)31-28(35)9-7-19-34-27-20-23(29(36)32-16-5-6-17-32)12-15-25(27)33-18-4-3-8-26(33)30(34)37/h10-15,20-21,26H,3-9,16-19H2,1-2H3,(H,31,35)/t26-/m0/s1. The number of benzene rings is 2. The molecule has 2 aromatic rings. The fourth-order valence-corrected chi connectivity index (χ4v) is 5.80. The first-order chi connectivity index (χ1) is 17.9. The third-order valence-electron chi connectivity index (χ3n) is 7.92. The van der Waals surface area contributed by atoms with E-state index < -0.39 is 0 Å². The van der Waals surface area contributed by atoms with Crippen LogP contribution in [0.2, 0.25) is 0 Å². The van der Waals surface area contributed by atoms with E-state index in [0.717, 1.165) is 68.8 Å². The number of hydrogen-bond donors (Lipinski definition) is 1. The van der Waals surface area contributed by atoms with E-state index >= 15 is 0 Å². The number of carbonyl (C=O) groups excluding carboxylic acids is 3. The van der Waals surface area contributed by atoms with Gasteiger partial charge in [-0.25, -0.2) is 0 Å². The summed E-state index contributed by atoms with van der Waals surface area (Å²) in [6, 6.07) is 13.6. The summed E-state index contributed by atoms with van der Waals surface area (Å²) in [5.41, 5.74) is 4.49. The second-order valence-electron chi connectivity index (χ2n) is 10.8. The molecule has 3 aliphatic rings. The topological polar surface area (TPSA) is 73.0 Å². The summed E-state index contributed by atoms with van der Waals surface area (Å²) in [7, 11) is 0. The highest BCUT2D eigenvalue weighted by Crippen LogP contribution is 2.40. The Morgan fingerprint density at radius 3 is 2.41 bits per heavy atom. The Balaban J connectivity index is 1.29. The molecule has 1 N–H and O–H groups in total. The number of rotatable bonds is 7. The zero-order chi connectivity index (χ0) is 25.9. The fraction of sp³-hybridized carbons (Fsp3) is 0.500. The van der Waals surface area contributed by atoms with Gasteiger partial charge >= 0.3 is 0 Å². The van der Waals surface area contributed by atoms with Crippen molar-refractivity contribution in [2.75, 3.05) is 41.3 Å². The van der Waals surface area contributed by atoms with Crippen LogP contribution in [0.25, 0.3) is 0 Å². The number of nitrogens with zero attached hydrogens (tertiary/aromatic N) is 3. The summed E-state index contributed by atoms with van der Waals surface area (Å²) >= 11 is 0. The maximum atomic E-state index is 13.6. The maximum Gasteiger partial charge on any atom is 0.253 e. The van der Waals surface area contributed by atoms with Crippen LogP contribution < -0.4 is 15.1 Å². The van der Waals surface area contributed by atoms with E-state index in [1.807, 2.05) is 52.3 Å². The van der Waals surface area contributed by atoms with Crippen molar-refractivity contribution >= 4 is 34.8 Å². The van der Waals surface area contributed by atoms with Gasteiger partial charge in [-0.1, -0.05) is 26.0 Å². The maximum absolute atomic E-state index is 13.6. The summed E-state index contributed by atoms with van der Waals surface area (Å²) in [6.45, 7) is 7.19. The number of fused-ring (bicyclic) bond motifs is 3. The summed E-state index contributed by atoms with van der Waals surface area (Å²) in [5.74, 6) is 0.513. The molecule has 0 aromatic heterocycles. The van der Waals surface area contributed by atoms with Crippen LogP contribution in [0.4, 0.5) is 17.1 Å². The van der Waals surface area contributed by atoms with Gasteiger partial charge < -0.3 is 20.0 Å². The zero-order valence-electron chi connectivity index (χ0n) is 22.0. The Hall–Kier alpha value is -3.35. The van der Waals surface area contributed by atoms with E-state index in [4.69, 9.17) is 0 Å². The fourth-order valence-electron chi connectivity index (χ4n) is 5.80. The molecule has 0 unspecified atom stereocenters. The van der Waals surface area contributed by atoms with Gasteiger partial charge in [0.15, 0.2) is 0 Å². The molecule has 196 valence electrons. The van der Waals surface area contributed by atoms with Crippen molar-refractivity contribution in [1.29, 1.82) is 0 Å². The zero-order valence-corrected chi connectivity index (χ0v) is 22.0. The van der Waals surface area contributed by atoms with Gasteiger partial charge in [-0.05, 0) is 80.3 Å². The first-order valence-corrected chi connectivity index (χ1v) is 13.8. The van der Waals surface area contributed by atoms with E-state index in [2.05, 4.69) is 24.1 Å². The average molecular weight is 503 g/mol. The number of nitrogens with one attached hydrogen (secondary N) is 1. The van der Waals surface area contributed by atoms with E-state index in [1.54, 1.807) is 0 Å². The summed E-state index contributed by atoms with van der Waals surface area (Å²) in [6.07, 6.45) is 5.91. The van der Waals surface area contributed by atoms with Crippen LogP contribution in [-0.2, 0) is 9.59 Å². The quantitative estimate of drug-likeness (QED) is 0.567. The Morgan fingerprint density at radius 2 is 1.68 bits per heavy atom. The number of amides is 3. The van der Waals surface area contributed by atoms with Crippen LogP contribution in [0, 0.1) is 0 Å². The van der Waals surface area contributed by atoms with Crippen molar-refractivity contribution in [2.24, 2.45) is 0 Å². The van der Waals surface area contributed by atoms with Crippen molar-refractivity contribution < 1.29 is 14.4 Å². The molecule has 0 radical (unpaired) electrons. The molecule has 0 saturated carbocycles. The number of hydrogen-bond acceptors (Lipinski definition) is 4. The van der Waals surface area contributed by atoms with Crippen LogP contribution in [0.5, 0.6) is 0 Å². The van der Waals surface area contributed by atoms with Gasteiger partial charge in [0.25, 0.3) is 5.91 Å². The summed E-state index contributed by atoms with van der Waals surface area (Å²) < 4.78 is 0. The summed E-state index contributed by atoms with van der Waals surface area (Å²) in [4.78, 5) is 45.3. The molecule has 5 rings (SSSR count). The van der Waals surface area contributed by atoms with Crippen LogP contribution in [0.1, 0.15) is 80.6 Å². The van der Waals surface area contributed by atoms with E-state index in [1.165, 1.54) is 5.56 Å². The molecule has 37 heavy (non-hydrogen) atoms. The van der Waals surface area contributed by atoms with Crippen LogP contribution in [0.3, 0.4) is 0 Å². The Labute approximate surface area is 219 Å². The van der Waals surface area contributed by atoms with Crippen molar-refractivity contribution in [3.05, 3.63) is 53.6 Å². The van der Waals surface area contributed by atoms with Crippen molar-refractivity contribution in [3.8, 4) is 0 Å². The molecule has 2 saturated heterocycles. The highest BCUT2D eigenvalue weighted by molar-refractivity contribution is 6.07. The predicted molar refractivity (Wildman–Crippen MR) is 147 cm³/mol. The molecule has 3 amide bonds. The minimum Gasteiger partial charge on any atom is -0.358 e.